The number of rotatable bonds is 6. The number of amides is 1. The first kappa shape index (κ1) is 19.5. The van der Waals surface area contributed by atoms with E-state index in [1.54, 1.807) is 0 Å². The van der Waals surface area contributed by atoms with Crippen LogP contribution in [0.5, 0.6) is 0 Å². The van der Waals surface area contributed by atoms with E-state index in [1.165, 1.54) is 5.69 Å². The molecule has 0 aliphatic heterocycles. The molecule has 1 aromatic carbocycles. The molecule has 0 fully saturated rings. The van der Waals surface area contributed by atoms with Crippen LogP contribution < -0.4 is 5.32 Å². The smallest absolute Gasteiger partial charge is 0.408 e. The van der Waals surface area contributed by atoms with Crippen molar-refractivity contribution >= 4 is 12.4 Å². The molecule has 1 amide bonds. The van der Waals surface area contributed by atoms with Crippen molar-refractivity contribution < 1.29 is 14.3 Å². The van der Waals surface area contributed by atoms with E-state index in [0.717, 1.165) is 11.8 Å². The first-order valence-corrected chi connectivity index (χ1v) is 8.03. The lowest BCUT2D eigenvalue weighted by atomic mass is 10.1. The van der Waals surface area contributed by atoms with Crippen molar-refractivity contribution in [1.82, 2.24) is 10.3 Å². The van der Waals surface area contributed by atoms with Crippen LogP contribution in [0.15, 0.2) is 48.7 Å². The third kappa shape index (κ3) is 8.78. The van der Waals surface area contributed by atoms with Gasteiger partial charge in [0.25, 0.3) is 0 Å². The van der Waals surface area contributed by atoms with Crippen LogP contribution in [0, 0.1) is 12.8 Å². The molecule has 1 aromatic heterocycles. The summed E-state index contributed by atoms with van der Waals surface area (Å²) in [6.07, 6.45) is 2.71. The van der Waals surface area contributed by atoms with Gasteiger partial charge in [-0.15, -0.1) is 0 Å². The normalized spacial score (nSPS) is 11.2. The summed E-state index contributed by atoms with van der Waals surface area (Å²) in [7, 11) is 0. The minimum Gasteiger partial charge on any atom is -0.445 e. The molecule has 0 spiro atoms. The van der Waals surface area contributed by atoms with Crippen molar-refractivity contribution in [1.29, 1.82) is 0 Å². The van der Waals surface area contributed by atoms with E-state index in [2.05, 4.69) is 10.3 Å². The van der Waals surface area contributed by atoms with Crippen LogP contribution in [-0.2, 0) is 16.1 Å². The Kier molecular flexibility index (Phi) is 8.97. The Labute approximate surface area is 143 Å². The summed E-state index contributed by atoms with van der Waals surface area (Å²) in [6, 6.07) is 12.9. The number of ether oxygens (including phenoxy) is 1. The lowest BCUT2D eigenvalue weighted by molar-refractivity contribution is -0.109. The Balaban J connectivity index is 0.000000400. The second-order valence-corrected chi connectivity index (χ2v) is 5.93. The fourth-order valence-corrected chi connectivity index (χ4v) is 1.99. The maximum absolute atomic E-state index is 11.5. The highest BCUT2D eigenvalue weighted by Crippen LogP contribution is 2.04. The van der Waals surface area contributed by atoms with E-state index >= 15 is 0 Å². The zero-order valence-corrected chi connectivity index (χ0v) is 14.5. The zero-order chi connectivity index (χ0) is 17.8. The number of carbonyl (C=O) groups excluding carboxylic acids is 2. The van der Waals surface area contributed by atoms with Gasteiger partial charge < -0.3 is 19.8 Å². The molecule has 1 unspecified atom stereocenters. The average molecular weight is 330 g/mol. The summed E-state index contributed by atoms with van der Waals surface area (Å²) in [5, 5.41) is 2.54. The highest BCUT2D eigenvalue weighted by atomic mass is 16.5. The van der Waals surface area contributed by atoms with Gasteiger partial charge in [0.1, 0.15) is 12.9 Å². The van der Waals surface area contributed by atoms with E-state index in [0.29, 0.717) is 12.3 Å². The molecule has 2 N–H and O–H groups in total. The van der Waals surface area contributed by atoms with Crippen LogP contribution in [0.2, 0.25) is 0 Å². The van der Waals surface area contributed by atoms with E-state index in [9.17, 15) is 9.59 Å². The summed E-state index contributed by atoms with van der Waals surface area (Å²) in [4.78, 5) is 25.3. The summed E-state index contributed by atoms with van der Waals surface area (Å²) >= 11 is 0. The van der Waals surface area contributed by atoms with Gasteiger partial charge in [-0.3, -0.25) is 0 Å². The molecule has 2 aromatic rings. The molecule has 5 nitrogen and oxygen atoms in total. The fraction of sp³-hybridized carbons (Fsp3) is 0.368. The predicted octanol–water partition coefficient (Wildman–Crippen LogP) is 3.85. The third-order valence-electron chi connectivity index (χ3n) is 3.16. The number of aromatic nitrogens is 1. The number of H-pyrrole nitrogens is 1. The summed E-state index contributed by atoms with van der Waals surface area (Å²) in [5.74, 6) is 0.342. The summed E-state index contributed by atoms with van der Waals surface area (Å²) in [5.41, 5.74) is 2.13. The molecule has 24 heavy (non-hydrogen) atoms. The molecule has 2 rings (SSSR count). The maximum Gasteiger partial charge on any atom is 0.408 e. The first-order chi connectivity index (χ1) is 11.5. The molecular formula is C19H26N2O3. The molecule has 0 aliphatic rings. The lowest BCUT2D eigenvalue weighted by Crippen LogP contribution is -2.37. The van der Waals surface area contributed by atoms with Gasteiger partial charge >= 0.3 is 6.09 Å². The van der Waals surface area contributed by atoms with Crippen molar-refractivity contribution in [2.24, 2.45) is 5.92 Å². The quantitative estimate of drug-likeness (QED) is 0.790. The number of aldehydes is 1. The Morgan fingerprint density at radius 3 is 2.38 bits per heavy atom. The number of alkyl carbamates (subject to hydrolysis) is 1. The fourth-order valence-electron chi connectivity index (χ4n) is 1.99. The monoisotopic (exact) mass is 330 g/mol. The second-order valence-electron chi connectivity index (χ2n) is 5.93. The van der Waals surface area contributed by atoms with Crippen LogP contribution in [0.3, 0.4) is 0 Å². The van der Waals surface area contributed by atoms with Gasteiger partial charge in [0, 0.05) is 11.9 Å². The van der Waals surface area contributed by atoms with E-state index in [-0.39, 0.29) is 6.61 Å². The Morgan fingerprint density at radius 1 is 1.21 bits per heavy atom. The van der Waals surface area contributed by atoms with Crippen molar-refractivity contribution in [2.75, 3.05) is 0 Å². The molecule has 0 aliphatic carbocycles. The standard InChI is InChI=1S/C14H19NO3.C5H7N/c1-11(2)8-13(9-16)15-14(17)18-10-12-6-4-3-5-7-12;1-5-3-2-4-6-5/h3-7,9,11,13H,8,10H2,1-2H3,(H,15,17);2-4,6H,1H3. The molecule has 1 heterocycles. The molecular weight excluding hydrogens is 304 g/mol. The summed E-state index contributed by atoms with van der Waals surface area (Å²) < 4.78 is 5.03. The SMILES string of the molecule is CC(C)CC(C=O)NC(=O)OCc1ccccc1.Cc1ccc[nH]1. The van der Waals surface area contributed by atoms with Gasteiger partial charge in [-0.05, 0) is 37.0 Å². The average Bonchev–Trinajstić information content (AvgIpc) is 3.04. The van der Waals surface area contributed by atoms with E-state index < -0.39 is 12.1 Å². The van der Waals surface area contributed by atoms with Gasteiger partial charge in [0.15, 0.2) is 0 Å². The van der Waals surface area contributed by atoms with Crippen molar-refractivity contribution in [3.05, 3.63) is 59.9 Å². The Morgan fingerprint density at radius 2 is 1.92 bits per heavy atom. The van der Waals surface area contributed by atoms with Crippen LogP contribution in [-0.4, -0.2) is 23.4 Å². The zero-order valence-electron chi connectivity index (χ0n) is 14.5. The minimum absolute atomic E-state index is 0.208. The Hall–Kier alpha value is -2.56. The molecule has 5 heteroatoms. The number of benzene rings is 1. The maximum atomic E-state index is 11.5. The number of nitrogens with one attached hydrogen (secondary N) is 2. The lowest BCUT2D eigenvalue weighted by Gasteiger charge is -2.14. The van der Waals surface area contributed by atoms with Crippen LogP contribution >= 0.6 is 0 Å². The molecule has 0 bridgehead atoms. The highest BCUT2D eigenvalue weighted by Gasteiger charge is 2.13. The number of aryl methyl sites for hydroxylation is 1. The summed E-state index contributed by atoms with van der Waals surface area (Å²) in [6.45, 7) is 6.22. The first-order valence-electron chi connectivity index (χ1n) is 8.03. The van der Waals surface area contributed by atoms with Gasteiger partial charge in [0.05, 0.1) is 6.04 Å². The number of aromatic amines is 1. The molecule has 0 saturated carbocycles. The molecule has 130 valence electrons. The largest absolute Gasteiger partial charge is 0.445 e. The number of carbonyl (C=O) groups is 2. The van der Waals surface area contributed by atoms with Gasteiger partial charge in [-0.25, -0.2) is 4.79 Å². The van der Waals surface area contributed by atoms with Crippen molar-refractivity contribution in [2.45, 2.75) is 39.8 Å². The van der Waals surface area contributed by atoms with E-state index in [1.807, 2.05) is 69.4 Å². The van der Waals surface area contributed by atoms with Gasteiger partial charge in [-0.2, -0.15) is 0 Å². The minimum atomic E-state index is -0.559. The van der Waals surface area contributed by atoms with Gasteiger partial charge in [0.2, 0.25) is 0 Å². The topological polar surface area (TPSA) is 71.2 Å². The third-order valence-corrected chi connectivity index (χ3v) is 3.16. The van der Waals surface area contributed by atoms with Crippen LogP contribution in [0.25, 0.3) is 0 Å². The highest BCUT2D eigenvalue weighted by molar-refractivity contribution is 5.73. The molecule has 0 radical (unpaired) electrons. The molecule has 1 atom stereocenters. The number of hydrogen-bond donors (Lipinski definition) is 2. The number of hydrogen-bond acceptors (Lipinski definition) is 3. The predicted molar refractivity (Wildman–Crippen MR) is 94.6 cm³/mol. The molecule has 0 saturated heterocycles. The second kappa shape index (κ2) is 11.0. The Bertz CT molecular complexity index is 580. The van der Waals surface area contributed by atoms with Crippen molar-refractivity contribution in [3.8, 4) is 0 Å². The van der Waals surface area contributed by atoms with Crippen LogP contribution in [0.4, 0.5) is 4.79 Å². The van der Waals surface area contributed by atoms with Crippen molar-refractivity contribution in [3.63, 3.8) is 0 Å². The van der Waals surface area contributed by atoms with E-state index in [4.69, 9.17) is 4.74 Å². The van der Waals surface area contributed by atoms with Crippen LogP contribution in [0.1, 0.15) is 31.5 Å². The van der Waals surface area contributed by atoms with Gasteiger partial charge in [-0.1, -0.05) is 44.2 Å².